The van der Waals surface area contributed by atoms with Crippen molar-refractivity contribution in [2.75, 3.05) is 34.4 Å². The number of carbonyl (C=O) groups is 1. The summed E-state index contributed by atoms with van der Waals surface area (Å²) in [5.74, 6) is 3.63. The number of fused-ring (bicyclic) bond motifs is 7. The quantitative estimate of drug-likeness (QED) is 0.430. The molecule has 0 aromatic heterocycles. The van der Waals surface area contributed by atoms with Crippen LogP contribution in [0.5, 0.6) is 5.75 Å². The molecule has 0 saturated heterocycles. The maximum absolute atomic E-state index is 12.9. The van der Waals surface area contributed by atoms with Crippen LogP contribution in [0.3, 0.4) is 0 Å². The zero-order chi connectivity index (χ0) is 23.0. The highest BCUT2D eigenvalue weighted by molar-refractivity contribution is 5.86. The number of hydrogen-bond donors (Lipinski definition) is 0. The Morgan fingerprint density at radius 3 is 2.67 bits per heavy atom. The van der Waals surface area contributed by atoms with Gasteiger partial charge in [-0.2, -0.15) is 0 Å². The van der Waals surface area contributed by atoms with Crippen LogP contribution in [0, 0.1) is 35.0 Å². The molecule has 6 heteroatoms. The molecule has 33 heavy (non-hydrogen) atoms. The summed E-state index contributed by atoms with van der Waals surface area (Å²) in [4.78, 5) is 12.9. The van der Waals surface area contributed by atoms with Gasteiger partial charge in [0.1, 0.15) is 12.5 Å². The van der Waals surface area contributed by atoms with E-state index >= 15 is 0 Å². The van der Waals surface area contributed by atoms with E-state index in [-0.39, 0.29) is 35.6 Å². The summed E-state index contributed by atoms with van der Waals surface area (Å²) in [5, 5.41) is 0. The van der Waals surface area contributed by atoms with Crippen LogP contribution in [0.25, 0.3) is 0 Å². The molecule has 2 unspecified atom stereocenters. The topological polar surface area (TPSA) is 63.2 Å². The van der Waals surface area contributed by atoms with Crippen LogP contribution in [-0.2, 0) is 29.2 Å². The van der Waals surface area contributed by atoms with Crippen molar-refractivity contribution >= 4 is 5.97 Å². The van der Waals surface area contributed by atoms with Gasteiger partial charge in [-0.3, -0.25) is 4.79 Å². The highest BCUT2D eigenvalue weighted by Crippen LogP contribution is 2.91. The molecule has 6 nitrogen and oxygen atoms in total. The lowest BCUT2D eigenvalue weighted by atomic mass is 9.52. The number of benzene rings is 1. The first kappa shape index (κ1) is 21.9. The van der Waals surface area contributed by atoms with Gasteiger partial charge in [-0.1, -0.05) is 13.0 Å². The lowest BCUT2D eigenvalue weighted by molar-refractivity contribution is -0.148. The van der Waals surface area contributed by atoms with Gasteiger partial charge < -0.3 is 23.7 Å². The second kappa shape index (κ2) is 7.69. The van der Waals surface area contributed by atoms with E-state index in [2.05, 4.69) is 25.1 Å². The maximum atomic E-state index is 12.9. The highest BCUT2D eigenvalue weighted by Gasteiger charge is 2.93. The first-order valence-corrected chi connectivity index (χ1v) is 12.6. The molecule has 5 aliphatic rings. The van der Waals surface area contributed by atoms with Gasteiger partial charge in [0.2, 0.25) is 0 Å². The monoisotopic (exact) mass is 456 g/mol. The maximum Gasteiger partial charge on any atom is 0.310 e. The molecule has 5 aliphatic carbocycles. The summed E-state index contributed by atoms with van der Waals surface area (Å²) in [6, 6.07) is 6.55. The van der Waals surface area contributed by atoms with Crippen LogP contribution in [-0.4, -0.2) is 46.5 Å². The number of esters is 1. The lowest BCUT2D eigenvalue weighted by Crippen LogP contribution is -2.48. The largest absolute Gasteiger partial charge is 0.468 e. The van der Waals surface area contributed by atoms with E-state index in [4.69, 9.17) is 23.7 Å². The Labute approximate surface area is 196 Å². The molecule has 4 saturated carbocycles. The fraction of sp³-hybridized carbons (Fsp3) is 0.741. The molecule has 1 spiro atoms. The van der Waals surface area contributed by atoms with Gasteiger partial charge in [0.15, 0.2) is 6.79 Å². The summed E-state index contributed by atoms with van der Waals surface area (Å²) in [6.07, 6.45) is 4.94. The lowest BCUT2D eigenvalue weighted by Gasteiger charge is -2.52. The van der Waals surface area contributed by atoms with Gasteiger partial charge in [0.25, 0.3) is 0 Å². The third-order valence-corrected chi connectivity index (χ3v) is 9.97. The molecule has 0 aliphatic heterocycles. The molecule has 0 heterocycles. The van der Waals surface area contributed by atoms with Crippen LogP contribution >= 0.6 is 0 Å². The molecule has 4 fully saturated rings. The highest BCUT2D eigenvalue weighted by atomic mass is 16.7. The van der Waals surface area contributed by atoms with Crippen molar-refractivity contribution in [3.05, 3.63) is 29.3 Å². The van der Waals surface area contributed by atoms with Crippen molar-refractivity contribution in [3.63, 3.8) is 0 Å². The molecule has 6 rings (SSSR count). The van der Waals surface area contributed by atoms with Gasteiger partial charge in [0, 0.05) is 19.6 Å². The minimum atomic E-state index is -0.0427. The average Bonchev–Trinajstić information content (AvgIpc) is 3.64. The zero-order valence-electron chi connectivity index (χ0n) is 20.2. The minimum Gasteiger partial charge on any atom is -0.468 e. The van der Waals surface area contributed by atoms with E-state index in [1.165, 1.54) is 30.4 Å². The van der Waals surface area contributed by atoms with E-state index < -0.39 is 0 Å². The first-order chi connectivity index (χ1) is 16.0. The molecule has 180 valence electrons. The summed E-state index contributed by atoms with van der Waals surface area (Å²) in [6.45, 7) is 5.39. The summed E-state index contributed by atoms with van der Waals surface area (Å²) in [5.41, 5.74) is 2.94. The Bertz CT molecular complexity index is 947. The number of hydrogen-bond acceptors (Lipinski definition) is 6. The molecule has 0 amide bonds. The fourth-order valence-electron chi connectivity index (χ4n) is 8.74. The third-order valence-electron chi connectivity index (χ3n) is 9.97. The van der Waals surface area contributed by atoms with Crippen LogP contribution in [0.15, 0.2) is 18.2 Å². The normalized spacial score (nSPS) is 43.5. The molecule has 1 aromatic carbocycles. The Morgan fingerprint density at radius 2 is 1.91 bits per heavy atom. The molecule has 9 atom stereocenters. The van der Waals surface area contributed by atoms with Crippen LogP contribution in [0.1, 0.15) is 56.6 Å². The van der Waals surface area contributed by atoms with Crippen molar-refractivity contribution in [1.29, 1.82) is 0 Å². The molecular formula is C27H36O6. The predicted octanol–water partition coefficient (Wildman–Crippen LogP) is 4.26. The van der Waals surface area contributed by atoms with Gasteiger partial charge >= 0.3 is 5.97 Å². The second-order valence-corrected chi connectivity index (χ2v) is 11.0. The molecule has 0 N–H and O–H groups in total. The van der Waals surface area contributed by atoms with E-state index in [0.717, 1.165) is 12.2 Å². The SMILES string of the molecule is CCOC(=O)C1[C@H]2[C@@H]3[C@@H]4[C@H](CC[C@]5(C)[C@@H](OCOC)CC[C@@H]45)c4ccc(OCOC)cc4C132. The number of methoxy groups -OCH3 is 2. The Balaban J connectivity index is 1.36. The van der Waals surface area contributed by atoms with E-state index in [9.17, 15) is 4.79 Å². The van der Waals surface area contributed by atoms with Crippen molar-refractivity contribution in [2.45, 2.75) is 57.0 Å². The van der Waals surface area contributed by atoms with E-state index in [1.54, 1.807) is 14.2 Å². The molecular weight excluding hydrogens is 420 g/mol. The smallest absolute Gasteiger partial charge is 0.310 e. The van der Waals surface area contributed by atoms with Crippen LogP contribution in [0.2, 0.25) is 0 Å². The second-order valence-electron chi connectivity index (χ2n) is 11.0. The van der Waals surface area contributed by atoms with Crippen molar-refractivity contribution in [1.82, 2.24) is 0 Å². The number of rotatable bonds is 8. The first-order valence-electron chi connectivity index (χ1n) is 12.6. The van der Waals surface area contributed by atoms with Crippen molar-refractivity contribution in [3.8, 4) is 5.75 Å². The van der Waals surface area contributed by atoms with Crippen molar-refractivity contribution < 1.29 is 28.5 Å². The average molecular weight is 457 g/mol. The number of carbonyl (C=O) groups excluding carboxylic acids is 1. The van der Waals surface area contributed by atoms with Crippen LogP contribution < -0.4 is 4.74 Å². The van der Waals surface area contributed by atoms with Crippen LogP contribution in [0.4, 0.5) is 0 Å². The predicted molar refractivity (Wildman–Crippen MR) is 121 cm³/mol. The standard InChI is InChI=1S/C27H36O6/c1-5-31-25(28)24-23-22-21-17(10-11-26(2)18(21)8-9-20(26)33-14-30-4)16-7-6-15(32-13-29-3)12-19(16)27(22,23)24/h6-7,12,17-18,20-24H,5,8-11,13-14H2,1-4H3/t17-,18+,20+,21-,22+,23-,24?,26+,27?/m1/s1. The number of ether oxygens (including phenoxy) is 5. The van der Waals surface area contributed by atoms with Gasteiger partial charge in [0.05, 0.1) is 18.6 Å². The Morgan fingerprint density at radius 1 is 1.09 bits per heavy atom. The van der Waals surface area contributed by atoms with Crippen molar-refractivity contribution in [2.24, 2.45) is 35.0 Å². The van der Waals surface area contributed by atoms with Gasteiger partial charge in [-0.05, 0) is 90.9 Å². The molecule has 0 radical (unpaired) electrons. The summed E-state index contributed by atoms with van der Waals surface area (Å²) >= 11 is 0. The zero-order valence-corrected chi connectivity index (χ0v) is 20.2. The Hall–Kier alpha value is -1.63. The fourth-order valence-corrected chi connectivity index (χ4v) is 8.74. The molecule has 1 aromatic rings. The van der Waals surface area contributed by atoms with E-state index in [1.807, 2.05) is 6.92 Å². The minimum absolute atomic E-state index is 0.00921. The summed E-state index contributed by atoms with van der Waals surface area (Å²) in [7, 11) is 3.34. The third kappa shape index (κ3) is 2.80. The van der Waals surface area contributed by atoms with Gasteiger partial charge in [-0.15, -0.1) is 0 Å². The summed E-state index contributed by atoms with van der Waals surface area (Å²) < 4.78 is 27.8. The van der Waals surface area contributed by atoms with Gasteiger partial charge in [-0.25, -0.2) is 0 Å². The Kier molecular flexibility index (Phi) is 5.10. The molecule has 0 bridgehead atoms. The van der Waals surface area contributed by atoms with E-state index in [0.29, 0.717) is 43.0 Å².